The number of hydrogen-bond acceptors (Lipinski definition) is 16. The van der Waals surface area contributed by atoms with Gasteiger partial charge < -0.3 is 28.8 Å². The molecule has 36 heavy (non-hydrogen) atoms. The van der Waals surface area contributed by atoms with Crippen molar-refractivity contribution in [3.63, 3.8) is 0 Å². The van der Waals surface area contributed by atoms with E-state index in [0.29, 0.717) is 13.8 Å². The molecule has 0 aliphatic carbocycles. The summed E-state index contributed by atoms with van der Waals surface area (Å²) in [7, 11) is -22.2. The third kappa shape index (κ3) is 4.99. The summed E-state index contributed by atoms with van der Waals surface area (Å²) in [5.74, 6) is -7.33. The number of carbonyl (C=O) groups excluding carboxylic acids is 4. The molecule has 1 saturated heterocycles. The zero-order valence-electron chi connectivity index (χ0n) is 18.3. The molecule has 208 valence electrons. The average molecular weight is 594 g/mol. The van der Waals surface area contributed by atoms with Crippen molar-refractivity contribution >= 4 is 54.5 Å². The number of ether oxygens (including phenoxy) is 5. The van der Waals surface area contributed by atoms with Gasteiger partial charge in [0.05, 0.1) is 0 Å². The topological polar surface area (TPSA) is 237 Å². The Hall–Kier alpha value is -2.56. The van der Waals surface area contributed by atoms with Crippen molar-refractivity contribution in [2.24, 2.45) is 0 Å². The molecule has 0 aromatic carbocycles. The van der Waals surface area contributed by atoms with Crippen LogP contribution in [-0.4, -0.2) is 88.0 Å². The summed E-state index contributed by atoms with van der Waals surface area (Å²) < 4.78 is 139. The highest BCUT2D eigenvalue weighted by Gasteiger charge is 2.93. The van der Waals surface area contributed by atoms with Crippen molar-refractivity contribution in [3.05, 3.63) is 0 Å². The lowest BCUT2D eigenvalue weighted by Crippen LogP contribution is -2.86. The van der Waals surface area contributed by atoms with Gasteiger partial charge in [0.2, 0.25) is 0 Å². The molecule has 0 bridgehead atoms. The number of hydrogen-bond donors (Lipinski definition) is 1. The molecule has 1 fully saturated rings. The van der Waals surface area contributed by atoms with Gasteiger partial charge in [0, 0.05) is 27.7 Å². The molecule has 0 spiro atoms. The zero-order valence-corrected chi connectivity index (χ0v) is 20.7. The Bertz CT molecular complexity index is 1280. The molecule has 1 N–H and O–H groups in total. The number of halogens is 3. The fourth-order valence-corrected chi connectivity index (χ4v) is 7.46. The predicted molar refractivity (Wildman–Crippen MR) is 101 cm³/mol. The fourth-order valence-electron chi connectivity index (χ4n) is 3.21. The largest absolute Gasteiger partial charge is 0.463 e. The molecular formula is C14H17F3O16S3. The molecule has 0 aromatic heterocycles. The highest BCUT2D eigenvalue weighted by atomic mass is 32.3. The molecule has 1 aliphatic rings. The lowest BCUT2D eigenvalue weighted by molar-refractivity contribution is -0.342. The maximum Gasteiger partial charge on any atom is 0.401 e. The van der Waals surface area contributed by atoms with E-state index in [1.807, 2.05) is 0 Å². The van der Waals surface area contributed by atoms with Crippen LogP contribution in [0.2, 0.25) is 0 Å². The van der Waals surface area contributed by atoms with Crippen LogP contribution < -0.4 is 0 Å². The van der Waals surface area contributed by atoms with Crippen LogP contribution in [-0.2, 0) is 73.5 Å². The second-order valence-electron chi connectivity index (χ2n) is 6.86. The van der Waals surface area contributed by atoms with Gasteiger partial charge in [-0.3, -0.25) is 19.2 Å². The second-order valence-corrected chi connectivity index (χ2v) is 11.2. The maximum atomic E-state index is 14.9. The summed E-state index contributed by atoms with van der Waals surface area (Å²) in [4.78, 5) is 35.0. The summed E-state index contributed by atoms with van der Waals surface area (Å²) in [6, 6.07) is 0. The third-order valence-electron chi connectivity index (χ3n) is 4.26. The predicted octanol–water partition coefficient (Wildman–Crippen LogP) is -2.06. The van der Waals surface area contributed by atoms with Gasteiger partial charge in [-0.15, -0.1) is 7.77 Å². The smallest absolute Gasteiger partial charge is 0.401 e. The lowest BCUT2D eigenvalue weighted by atomic mass is 9.96. The standard InChI is InChI=1S/C14H17F3O16S3/c1-6(18)29-5-10-11(30-7(2)19)12(31-8(3)20,34(15,23)24)13(22,35(16,25)26)14(33-10,32-9(4)21)36(17,27)28/h10-11,22H,5H2,1-4H3/t10-,11-,12-,13-,14+/m1/s1. The normalized spacial score (nSPS) is 31.1. The summed E-state index contributed by atoms with van der Waals surface area (Å²) in [5.41, 5.74) is 0. The molecule has 16 nitrogen and oxygen atoms in total. The van der Waals surface area contributed by atoms with Crippen molar-refractivity contribution in [3.8, 4) is 0 Å². The number of aliphatic hydroxyl groups is 1. The van der Waals surface area contributed by atoms with Crippen molar-refractivity contribution in [2.45, 2.75) is 54.9 Å². The number of rotatable bonds is 8. The molecule has 0 radical (unpaired) electrons. The van der Waals surface area contributed by atoms with E-state index in [4.69, 9.17) is 0 Å². The van der Waals surface area contributed by atoms with Crippen molar-refractivity contribution in [2.75, 3.05) is 6.61 Å². The van der Waals surface area contributed by atoms with Crippen LogP contribution in [0, 0.1) is 0 Å². The summed E-state index contributed by atoms with van der Waals surface area (Å²) in [5, 5.41) is 5.45. The molecule has 0 saturated carbocycles. The summed E-state index contributed by atoms with van der Waals surface area (Å²) in [6.07, 6.45) is -6.44. The molecular weight excluding hydrogens is 577 g/mol. The van der Waals surface area contributed by atoms with Crippen molar-refractivity contribution in [1.82, 2.24) is 0 Å². The van der Waals surface area contributed by atoms with Crippen LogP contribution in [0.1, 0.15) is 27.7 Å². The van der Waals surface area contributed by atoms with Gasteiger partial charge in [0.25, 0.3) is 0 Å². The molecule has 1 aliphatic heterocycles. The highest BCUT2D eigenvalue weighted by Crippen LogP contribution is 2.57. The minimum absolute atomic E-state index is 0.178. The molecule has 22 heteroatoms. The van der Waals surface area contributed by atoms with Gasteiger partial charge in [0.1, 0.15) is 12.7 Å². The van der Waals surface area contributed by atoms with Crippen LogP contribution >= 0.6 is 0 Å². The van der Waals surface area contributed by atoms with Crippen LogP contribution in [0.5, 0.6) is 0 Å². The first-order valence-corrected chi connectivity index (χ1v) is 13.0. The summed E-state index contributed by atoms with van der Waals surface area (Å²) in [6.45, 7) is -0.195. The van der Waals surface area contributed by atoms with Gasteiger partial charge >= 0.3 is 69.5 Å². The monoisotopic (exact) mass is 594 g/mol. The molecule has 0 unspecified atom stereocenters. The molecule has 0 amide bonds. The third-order valence-corrected chi connectivity index (χ3v) is 8.25. The van der Waals surface area contributed by atoms with Gasteiger partial charge in [-0.05, 0) is 0 Å². The molecule has 1 rings (SSSR count). The molecule has 5 atom stereocenters. The van der Waals surface area contributed by atoms with Crippen molar-refractivity contribution in [1.29, 1.82) is 0 Å². The van der Waals surface area contributed by atoms with E-state index in [9.17, 15) is 61.2 Å². The quantitative estimate of drug-likeness (QED) is 0.181. The lowest BCUT2D eigenvalue weighted by Gasteiger charge is -2.54. The van der Waals surface area contributed by atoms with Crippen LogP contribution in [0.25, 0.3) is 0 Å². The molecule has 1 heterocycles. The van der Waals surface area contributed by atoms with Crippen LogP contribution in [0.3, 0.4) is 0 Å². The number of carbonyl (C=O) groups is 4. The summed E-state index contributed by atoms with van der Waals surface area (Å²) >= 11 is 0. The Balaban J connectivity index is 4.61. The SMILES string of the molecule is CC(=O)OC[C@H]1O[C@](OC(C)=O)(S(=O)(=O)F)[C@](O)(S(=O)(=O)F)[C@](OC(C)=O)(S(=O)(=O)F)[C@@H]1OC(C)=O. The first kappa shape index (κ1) is 31.5. The number of esters is 4. The van der Waals surface area contributed by atoms with Gasteiger partial charge in [0.15, 0.2) is 6.10 Å². The Morgan fingerprint density at radius 1 is 0.778 bits per heavy atom. The second kappa shape index (κ2) is 9.72. The van der Waals surface area contributed by atoms with E-state index in [0.717, 1.165) is 0 Å². The van der Waals surface area contributed by atoms with Crippen LogP contribution in [0.4, 0.5) is 11.7 Å². The Morgan fingerprint density at radius 2 is 1.25 bits per heavy atom. The molecule has 0 aromatic rings. The first-order chi connectivity index (χ1) is 15.9. The fraction of sp³-hybridized carbons (Fsp3) is 0.714. The minimum Gasteiger partial charge on any atom is -0.463 e. The van der Waals surface area contributed by atoms with E-state index in [1.54, 1.807) is 0 Å². The van der Waals surface area contributed by atoms with Gasteiger partial charge in [-0.25, -0.2) is 0 Å². The average Bonchev–Trinajstić information content (AvgIpc) is 2.61. The van der Waals surface area contributed by atoms with Crippen molar-refractivity contribution < 1.29 is 84.9 Å². The van der Waals surface area contributed by atoms with Crippen LogP contribution in [0.15, 0.2) is 0 Å². The van der Waals surface area contributed by atoms with E-state index in [1.165, 1.54) is 0 Å². The Kier molecular flexibility index (Phi) is 8.50. The Labute approximate surface area is 201 Å². The van der Waals surface area contributed by atoms with Gasteiger partial charge in [-0.1, -0.05) is 3.89 Å². The first-order valence-electron chi connectivity index (χ1n) is 8.83. The highest BCUT2D eigenvalue weighted by molar-refractivity contribution is 7.94. The minimum atomic E-state index is -7.58. The maximum absolute atomic E-state index is 14.9. The van der Waals surface area contributed by atoms with Gasteiger partial charge in [-0.2, -0.15) is 25.3 Å². The van der Waals surface area contributed by atoms with E-state index in [2.05, 4.69) is 23.7 Å². The van der Waals surface area contributed by atoms with E-state index >= 15 is 0 Å². The van der Waals surface area contributed by atoms with E-state index < -0.39 is 88.3 Å². The Morgan fingerprint density at radius 3 is 1.56 bits per heavy atom. The zero-order chi connectivity index (χ0) is 28.7. The van der Waals surface area contributed by atoms with E-state index in [-0.39, 0.29) is 13.8 Å².